The molecule has 0 amide bonds. The molecule has 2 N–H and O–H groups in total. The molecule has 0 spiro atoms. The number of nitrogens with two attached hydrogens (primary N) is 1. The highest BCUT2D eigenvalue weighted by molar-refractivity contribution is 4.99. The fourth-order valence-electron chi connectivity index (χ4n) is 2.98. The van der Waals surface area contributed by atoms with Crippen molar-refractivity contribution in [2.24, 2.45) is 5.73 Å². The second-order valence-corrected chi connectivity index (χ2v) is 5.31. The molecule has 4 nitrogen and oxygen atoms in total. The van der Waals surface area contributed by atoms with Crippen LogP contribution < -0.4 is 5.73 Å². The standard InChI is InChI=1S/C13H26N2O2/c1-16-10-7-15(12-3-4-12)13(11-14)5-2-8-17-9-6-13/h12H,2-11,14H2,1H3. The van der Waals surface area contributed by atoms with E-state index < -0.39 is 0 Å². The highest BCUT2D eigenvalue weighted by atomic mass is 16.5. The SMILES string of the molecule is COCCN(C1CC1)C1(CN)CCCOCC1. The molecule has 4 heteroatoms. The van der Waals surface area contributed by atoms with Crippen LogP contribution in [0.5, 0.6) is 0 Å². The quantitative estimate of drug-likeness (QED) is 0.755. The zero-order valence-corrected chi connectivity index (χ0v) is 11.0. The Kier molecular flexibility index (Phi) is 4.79. The predicted octanol–water partition coefficient (Wildman–Crippen LogP) is 0.995. The van der Waals surface area contributed by atoms with Crippen LogP contribution in [0.3, 0.4) is 0 Å². The van der Waals surface area contributed by atoms with Crippen molar-refractivity contribution in [3.63, 3.8) is 0 Å². The molecule has 1 atom stereocenters. The smallest absolute Gasteiger partial charge is 0.0590 e. The first-order valence-corrected chi connectivity index (χ1v) is 6.86. The molecule has 1 saturated carbocycles. The van der Waals surface area contributed by atoms with E-state index in [1.807, 2.05) is 0 Å². The Balaban J connectivity index is 2.04. The van der Waals surface area contributed by atoms with Gasteiger partial charge in [0.05, 0.1) is 6.61 Å². The molecule has 1 saturated heterocycles. The second kappa shape index (κ2) is 6.14. The number of rotatable bonds is 6. The third-order valence-corrected chi connectivity index (χ3v) is 4.16. The molecule has 100 valence electrons. The molecule has 0 aromatic rings. The van der Waals surface area contributed by atoms with Gasteiger partial charge < -0.3 is 15.2 Å². The first-order valence-electron chi connectivity index (χ1n) is 6.86. The lowest BCUT2D eigenvalue weighted by Crippen LogP contribution is -2.56. The van der Waals surface area contributed by atoms with Gasteiger partial charge in [0, 0.05) is 45.0 Å². The summed E-state index contributed by atoms with van der Waals surface area (Å²) < 4.78 is 10.8. The van der Waals surface area contributed by atoms with Gasteiger partial charge in [0.2, 0.25) is 0 Å². The Labute approximate surface area is 104 Å². The van der Waals surface area contributed by atoms with Gasteiger partial charge in [-0.05, 0) is 32.1 Å². The normalized spacial score (nSPS) is 30.5. The van der Waals surface area contributed by atoms with Gasteiger partial charge >= 0.3 is 0 Å². The van der Waals surface area contributed by atoms with Crippen molar-refractivity contribution < 1.29 is 9.47 Å². The minimum Gasteiger partial charge on any atom is -0.383 e. The molecule has 2 aliphatic rings. The minimum absolute atomic E-state index is 0.163. The zero-order chi connectivity index (χ0) is 12.1. The van der Waals surface area contributed by atoms with Crippen LogP contribution in [0.4, 0.5) is 0 Å². The van der Waals surface area contributed by atoms with Gasteiger partial charge in [-0.25, -0.2) is 0 Å². The Hall–Kier alpha value is -0.160. The van der Waals surface area contributed by atoms with E-state index in [2.05, 4.69) is 4.90 Å². The third kappa shape index (κ3) is 3.19. The highest BCUT2D eigenvalue weighted by Crippen LogP contribution is 2.37. The fourth-order valence-corrected chi connectivity index (χ4v) is 2.98. The van der Waals surface area contributed by atoms with E-state index in [1.165, 1.54) is 19.3 Å². The molecule has 1 aliphatic heterocycles. The highest BCUT2D eigenvalue weighted by Gasteiger charge is 2.43. The second-order valence-electron chi connectivity index (χ2n) is 5.31. The Bertz CT molecular complexity index is 223. The number of hydrogen-bond donors (Lipinski definition) is 1. The Morgan fingerprint density at radius 1 is 1.35 bits per heavy atom. The van der Waals surface area contributed by atoms with E-state index in [1.54, 1.807) is 7.11 Å². The molecule has 1 heterocycles. The van der Waals surface area contributed by atoms with E-state index in [4.69, 9.17) is 15.2 Å². The summed E-state index contributed by atoms with van der Waals surface area (Å²) in [5.41, 5.74) is 6.27. The van der Waals surface area contributed by atoms with Gasteiger partial charge in [-0.2, -0.15) is 0 Å². The number of nitrogens with zero attached hydrogens (tertiary/aromatic N) is 1. The lowest BCUT2D eigenvalue weighted by atomic mass is 9.88. The van der Waals surface area contributed by atoms with Crippen LogP contribution in [0.15, 0.2) is 0 Å². The molecule has 1 aliphatic carbocycles. The third-order valence-electron chi connectivity index (χ3n) is 4.16. The van der Waals surface area contributed by atoms with Gasteiger partial charge in [-0.1, -0.05) is 0 Å². The van der Waals surface area contributed by atoms with Crippen molar-refractivity contribution in [1.29, 1.82) is 0 Å². The van der Waals surface area contributed by atoms with E-state index in [9.17, 15) is 0 Å². The van der Waals surface area contributed by atoms with Crippen molar-refractivity contribution in [1.82, 2.24) is 4.90 Å². The van der Waals surface area contributed by atoms with Crippen LogP contribution in [0.2, 0.25) is 0 Å². The van der Waals surface area contributed by atoms with Crippen molar-refractivity contribution >= 4 is 0 Å². The number of methoxy groups -OCH3 is 1. The lowest BCUT2D eigenvalue weighted by Gasteiger charge is -2.43. The van der Waals surface area contributed by atoms with Crippen molar-refractivity contribution in [3.05, 3.63) is 0 Å². The van der Waals surface area contributed by atoms with Gasteiger partial charge in [0.25, 0.3) is 0 Å². The average molecular weight is 242 g/mol. The van der Waals surface area contributed by atoms with Gasteiger partial charge in [-0.15, -0.1) is 0 Å². The predicted molar refractivity (Wildman–Crippen MR) is 68.1 cm³/mol. The summed E-state index contributed by atoms with van der Waals surface area (Å²) in [5, 5.41) is 0. The van der Waals surface area contributed by atoms with Gasteiger partial charge in [0.15, 0.2) is 0 Å². The van der Waals surface area contributed by atoms with E-state index in [-0.39, 0.29) is 5.54 Å². The maximum absolute atomic E-state index is 6.11. The summed E-state index contributed by atoms with van der Waals surface area (Å²) in [5.74, 6) is 0. The van der Waals surface area contributed by atoms with Crippen LogP contribution >= 0.6 is 0 Å². The van der Waals surface area contributed by atoms with Gasteiger partial charge in [0.1, 0.15) is 0 Å². The first kappa shape index (κ1) is 13.3. The lowest BCUT2D eigenvalue weighted by molar-refractivity contribution is 0.0361. The maximum atomic E-state index is 6.11. The monoisotopic (exact) mass is 242 g/mol. The number of ether oxygens (including phenoxy) is 2. The number of hydrogen-bond acceptors (Lipinski definition) is 4. The Morgan fingerprint density at radius 3 is 2.82 bits per heavy atom. The minimum atomic E-state index is 0.163. The molecular formula is C13H26N2O2. The van der Waals surface area contributed by atoms with Gasteiger partial charge in [-0.3, -0.25) is 4.90 Å². The summed E-state index contributed by atoms with van der Waals surface area (Å²) in [6, 6.07) is 0.742. The van der Waals surface area contributed by atoms with Crippen LogP contribution in [0.1, 0.15) is 32.1 Å². The van der Waals surface area contributed by atoms with E-state index in [0.29, 0.717) is 0 Å². The molecule has 2 fully saturated rings. The summed E-state index contributed by atoms with van der Waals surface area (Å²) in [6.45, 7) is 4.31. The molecule has 0 aromatic carbocycles. The maximum Gasteiger partial charge on any atom is 0.0590 e. The fraction of sp³-hybridized carbons (Fsp3) is 1.00. The molecule has 17 heavy (non-hydrogen) atoms. The molecule has 0 radical (unpaired) electrons. The van der Waals surface area contributed by atoms with Crippen LogP contribution in [0, 0.1) is 0 Å². The summed E-state index contributed by atoms with van der Waals surface area (Å²) in [7, 11) is 1.77. The largest absolute Gasteiger partial charge is 0.383 e. The molecule has 2 rings (SSSR count). The summed E-state index contributed by atoms with van der Waals surface area (Å²) in [4.78, 5) is 2.62. The molecule has 0 aromatic heterocycles. The van der Waals surface area contributed by atoms with Crippen molar-refractivity contribution in [2.45, 2.75) is 43.7 Å². The molecule has 1 unspecified atom stereocenters. The average Bonchev–Trinajstić information content (AvgIpc) is 3.16. The van der Waals surface area contributed by atoms with Crippen molar-refractivity contribution in [3.8, 4) is 0 Å². The Morgan fingerprint density at radius 2 is 2.18 bits per heavy atom. The zero-order valence-electron chi connectivity index (χ0n) is 11.0. The summed E-state index contributed by atoms with van der Waals surface area (Å²) in [6.07, 6.45) is 6.03. The van der Waals surface area contributed by atoms with Crippen molar-refractivity contribution in [2.75, 3.05) is 40.0 Å². The van der Waals surface area contributed by atoms with Crippen LogP contribution in [0.25, 0.3) is 0 Å². The van der Waals surface area contributed by atoms with Crippen LogP contribution in [-0.4, -0.2) is 56.5 Å². The first-order chi connectivity index (χ1) is 8.32. The van der Waals surface area contributed by atoms with E-state index >= 15 is 0 Å². The molecular weight excluding hydrogens is 216 g/mol. The van der Waals surface area contributed by atoms with Crippen LogP contribution in [-0.2, 0) is 9.47 Å². The molecule has 0 bridgehead atoms. The van der Waals surface area contributed by atoms with E-state index in [0.717, 1.165) is 51.8 Å². The summed E-state index contributed by atoms with van der Waals surface area (Å²) >= 11 is 0. The topological polar surface area (TPSA) is 47.7 Å².